The van der Waals surface area contributed by atoms with Crippen molar-refractivity contribution in [1.82, 2.24) is 0 Å². The molecule has 0 aromatic carbocycles. The highest BCUT2D eigenvalue weighted by Crippen LogP contribution is 2.18. The quantitative estimate of drug-likeness (QED) is 0.624. The molecule has 0 bridgehead atoms. The van der Waals surface area contributed by atoms with Gasteiger partial charge in [-0.1, -0.05) is 0 Å². The lowest BCUT2D eigenvalue weighted by Gasteiger charge is -2.33. The van der Waals surface area contributed by atoms with Crippen molar-refractivity contribution in [3.63, 3.8) is 0 Å². The second-order valence-corrected chi connectivity index (χ2v) is 2.78. The molecule has 0 aromatic rings. The molecule has 0 amide bonds. The van der Waals surface area contributed by atoms with Crippen molar-refractivity contribution in [3.05, 3.63) is 0 Å². The summed E-state index contributed by atoms with van der Waals surface area (Å²) in [5.41, 5.74) is 0. The minimum absolute atomic E-state index is 0.0291. The monoisotopic (exact) mass is 176 g/mol. The number of methoxy groups -OCH3 is 3. The Morgan fingerprint density at radius 3 is 2.17 bits per heavy atom. The molecule has 0 N–H and O–H groups in total. The van der Waals surface area contributed by atoms with Crippen LogP contribution in [0.25, 0.3) is 0 Å². The van der Waals surface area contributed by atoms with E-state index in [0.29, 0.717) is 6.61 Å². The summed E-state index contributed by atoms with van der Waals surface area (Å²) in [5, 5.41) is 0. The van der Waals surface area contributed by atoms with Crippen molar-refractivity contribution in [1.29, 1.82) is 0 Å². The van der Waals surface area contributed by atoms with Crippen LogP contribution >= 0.6 is 0 Å². The molecule has 1 saturated heterocycles. The summed E-state index contributed by atoms with van der Waals surface area (Å²) in [4.78, 5) is 0. The molecule has 4 heteroatoms. The van der Waals surface area contributed by atoms with E-state index < -0.39 is 0 Å². The van der Waals surface area contributed by atoms with Crippen LogP contribution in [0.2, 0.25) is 0 Å². The van der Waals surface area contributed by atoms with E-state index in [1.54, 1.807) is 21.3 Å². The predicted molar refractivity (Wildman–Crippen MR) is 43.0 cm³/mol. The molecule has 0 radical (unpaired) electrons. The number of hydrogen-bond acceptors (Lipinski definition) is 4. The SMILES string of the molecule is CO[C@H]1C[C@H](OC)[C@H](OC)CO1. The zero-order chi connectivity index (χ0) is 8.97. The maximum Gasteiger partial charge on any atom is 0.159 e. The molecule has 1 aliphatic rings. The largest absolute Gasteiger partial charge is 0.378 e. The van der Waals surface area contributed by atoms with Crippen LogP contribution in [0.5, 0.6) is 0 Å². The standard InChI is InChI=1S/C8H16O4/c1-9-6-4-8(11-3)12-5-7(6)10-2/h6-8H,4-5H2,1-3H3/t6-,7+,8+/m0/s1. The Morgan fingerprint density at radius 1 is 1.00 bits per heavy atom. The van der Waals surface area contributed by atoms with Gasteiger partial charge in [-0.2, -0.15) is 0 Å². The smallest absolute Gasteiger partial charge is 0.159 e. The Balaban J connectivity index is 2.41. The minimum Gasteiger partial charge on any atom is -0.378 e. The average Bonchev–Trinajstić information content (AvgIpc) is 2.16. The van der Waals surface area contributed by atoms with Crippen molar-refractivity contribution >= 4 is 0 Å². The first-order valence-corrected chi connectivity index (χ1v) is 4.01. The summed E-state index contributed by atoms with van der Waals surface area (Å²) >= 11 is 0. The topological polar surface area (TPSA) is 36.9 Å². The second-order valence-electron chi connectivity index (χ2n) is 2.78. The zero-order valence-corrected chi connectivity index (χ0v) is 7.78. The summed E-state index contributed by atoms with van der Waals surface area (Å²) in [5.74, 6) is 0. The summed E-state index contributed by atoms with van der Waals surface area (Å²) in [6, 6.07) is 0. The zero-order valence-electron chi connectivity index (χ0n) is 7.78. The van der Waals surface area contributed by atoms with Crippen LogP contribution < -0.4 is 0 Å². The first-order valence-electron chi connectivity index (χ1n) is 4.01. The first kappa shape index (κ1) is 9.92. The van der Waals surface area contributed by atoms with Gasteiger partial charge in [-0.25, -0.2) is 0 Å². The molecule has 72 valence electrons. The highest BCUT2D eigenvalue weighted by atomic mass is 16.7. The van der Waals surface area contributed by atoms with Gasteiger partial charge in [0, 0.05) is 27.8 Å². The number of hydrogen-bond donors (Lipinski definition) is 0. The predicted octanol–water partition coefficient (Wildman–Crippen LogP) is 0.409. The van der Waals surface area contributed by atoms with Crippen LogP contribution in [0.4, 0.5) is 0 Å². The molecule has 12 heavy (non-hydrogen) atoms. The van der Waals surface area contributed by atoms with Crippen molar-refractivity contribution in [2.24, 2.45) is 0 Å². The van der Waals surface area contributed by atoms with Crippen molar-refractivity contribution in [2.45, 2.75) is 24.9 Å². The molecule has 1 fully saturated rings. The number of rotatable bonds is 3. The molecule has 1 heterocycles. The van der Waals surface area contributed by atoms with E-state index in [1.807, 2.05) is 0 Å². The molecule has 0 aromatic heterocycles. The fourth-order valence-corrected chi connectivity index (χ4v) is 1.35. The van der Waals surface area contributed by atoms with E-state index in [4.69, 9.17) is 18.9 Å². The molecule has 4 nitrogen and oxygen atoms in total. The maximum atomic E-state index is 5.34. The van der Waals surface area contributed by atoms with Gasteiger partial charge in [0.1, 0.15) is 6.10 Å². The van der Waals surface area contributed by atoms with Gasteiger partial charge in [-0.15, -0.1) is 0 Å². The van der Waals surface area contributed by atoms with Gasteiger partial charge in [0.05, 0.1) is 12.7 Å². The van der Waals surface area contributed by atoms with Gasteiger partial charge in [0.2, 0.25) is 0 Å². The summed E-state index contributed by atoms with van der Waals surface area (Å²) in [7, 11) is 4.96. The van der Waals surface area contributed by atoms with Gasteiger partial charge in [0.15, 0.2) is 6.29 Å². The lowest BCUT2D eigenvalue weighted by Crippen LogP contribution is -2.44. The van der Waals surface area contributed by atoms with E-state index >= 15 is 0 Å². The van der Waals surface area contributed by atoms with Gasteiger partial charge in [0.25, 0.3) is 0 Å². The van der Waals surface area contributed by atoms with Crippen molar-refractivity contribution in [3.8, 4) is 0 Å². The van der Waals surface area contributed by atoms with E-state index in [9.17, 15) is 0 Å². The van der Waals surface area contributed by atoms with Crippen LogP contribution in [0.15, 0.2) is 0 Å². The molecule has 0 spiro atoms. The maximum absolute atomic E-state index is 5.34. The highest BCUT2D eigenvalue weighted by molar-refractivity contribution is 4.76. The molecule has 0 aliphatic carbocycles. The lowest BCUT2D eigenvalue weighted by molar-refractivity contribution is -0.216. The van der Waals surface area contributed by atoms with E-state index in [0.717, 1.165) is 6.42 Å². The van der Waals surface area contributed by atoms with Gasteiger partial charge >= 0.3 is 0 Å². The second kappa shape index (κ2) is 4.77. The van der Waals surface area contributed by atoms with Crippen LogP contribution in [0.1, 0.15) is 6.42 Å². The summed E-state index contributed by atoms with van der Waals surface area (Å²) < 4.78 is 20.8. The third-order valence-electron chi connectivity index (χ3n) is 2.15. The van der Waals surface area contributed by atoms with E-state index in [1.165, 1.54) is 0 Å². The Morgan fingerprint density at radius 2 is 1.67 bits per heavy atom. The summed E-state index contributed by atoms with van der Waals surface area (Å²) in [6.45, 7) is 0.535. The third kappa shape index (κ3) is 2.17. The molecule has 3 atom stereocenters. The Hall–Kier alpha value is -0.160. The third-order valence-corrected chi connectivity index (χ3v) is 2.15. The Kier molecular flexibility index (Phi) is 3.94. The van der Waals surface area contributed by atoms with Crippen molar-refractivity contribution < 1.29 is 18.9 Å². The molecule has 1 rings (SSSR count). The van der Waals surface area contributed by atoms with Crippen LogP contribution in [0.3, 0.4) is 0 Å². The van der Waals surface area contributed by atoms with Crippen LogP contribution in [-0.2, 0) is 18.9 Å². The van der Waals surface area contributed by atoms with Crippen molar-refractivity contribution in [2.75, 3.05) is 27.9 Å². The van der Waals surface area contributed by atoms with Crippen LogP contribution in [0, 0.1) is 0 Å². The van der Waals surface area contributed by atoms with Crippen LogP contribution in [-0.4, -0.2) is 46.4 Å². The lowest BCUT2D eigenvalue weighted by atomic mass is 10.1. The molecule has 0 saturated carbocycles. The number of ether oxygens (including phenoxy) is 4. The fourth-order valence-electron chi connectivity index (χ4n) is 1.35. The highest BCUT2D eigenvalue weighted by Gasteiger charge is 2.31. The molecular weight excluding hydrogens is 160 g/mol. The van der Waals surface area contributed by atoms with Gasteiger partial charge in [-0.3, -0.25) is 0 Å². The van der Waals surface area contributed by atoms with E-state index in [-0.39, 0.29) is 18.5 Å². The Labute approximate surface area is 72.7 Å². The first-order chi connectivity index (χ1) is 5.81. The summed E-state index contributed by atoms with van der Waals surface area (Å²) in [6.07, 6.45) is 0.683. The normalized spacial score (nSPS) is 36.8. The fraction of sp³-hybridized carbons (Fsp3) is 1.00. The van der Waals surface area contributed by atoms with Gasteiger partial charge < -0.3 is 18.9 Å². The van der Waals surface area contributed by atoms with Gasteiger partial charge in [-0.05, 0) is 0 Å². The Bertz CT molecular complexity index is 128. The minimum atomic E-state index is -0.152. The average molecular weight is 176 g/mol. The molecule has 1 aliphatic heterocycles. The van der Waals surface area contributed by atoms with E-state index in [2.05, 4.69) is 0 Å². The molecule has 0 unspecified atom stereocenters. The molecular formula is C8H16O4.